The molecule has 1 aliphatic rings. The van der Waals surface area contributed by atoms with Crippen LogP contribution in [-0.2, 0) is 9.59 Å². The van der Waals surface area contributed by atoms with Gasteiger partial charge in [0.15, 0.2) is 0 Å². The Bertz CT molecular complexity index is 1040. The number of carbonyl (C=O) groups is 2. The molecule has 7 nitrogen and oxygen atoms in total. The summed E-state index contributed by atoms with van der Waals surface area (Å²) in [4.78, 5) is 28.0. The van der Waals surface area contributed by atoms with Crippen molar-refractivity contribution in [3.8, 4) is 0 Å². The quantitative estimate of drug-likeness (QED) is 0.252. The first-order valence-electron chi connectivity index (χ1n) is 10.3. The van der Waals surface area contributed by atoms with Crippen molar-refractivity contribution in [1.82, 2.24) is 9.88 Å². The van der Waals surface area contributed by atoms with Gasteiger partial charge in [0.05, 0.1) is 0 Å². The number of rotatable bonds is 6. The van der Waals surface area contributed by atoms with E-state index in [0.717, 1.165) is 26.2 Å². The molecule has 2 aromatic carbocycles. The number of carboxylic acid groups (broad SMARTS) is 2. The van der Waals surface area contributed by atoms with Crippen LogP contribution in [0.25, 0.3) is 10.9 Å². The van der Waals surface area contributed by atoms with Gasteiger partial charge in [-0.05, 0) is 65.0 Å². The predicted octanol–water partition coefficient (Wildman–Crippen LogP) is 4.39. The molecule has 0 unspecified atom stereocenters. The van der Waals surface area contributed by atoms with Crippen LogP contribution in [0.5, 0.6) is 0 Å². The SMILES string of the molecule is Brc1ccccc1SCCCN1CCN(c2cccc3[nH]ccc23)CC1.O=C(O)C(=O)O. The molecule has 1 aliphatic heterocycles. The summed E-state index contributed by atoms with van der Waals surface area (Å²) in [5.74, 6) is -2.48. The minimum absolute atomic E-state index is 1.11. The zero-order valence-corrected chi connectivity index (χ0v) is 19.9. The molecule has 4 rings (SSSR count). The lowest BCUT2D eigenvalue weighted by Crippen LogP contribution is -2.46. The monoisotopic (exact) mass is 519 g/mol. The zero-order valence-electron chi connectivity index (χ0n) is 17.5. The lowest BCUT2D eigenvalue weighted by atomic mass is 10.1. The minimum Gasteiger partial charge on any atom is -0.473 e. The fraction of sp³-hybridized carbons (Fsp3) is 0.304. The first-order valence-corrected chi connectivity index (χ1v) is 12.1. The molecule has 2 heterocycles. The molecule has 32 heavy (non-hydrogen) atoms. The predicted molar refractivity (Wildman–Crippen MR) is 132 cm³/mol. The van der Waals surface area contributed by atoms with Crippen molar-refractivity contribution in [1.29, 1.82) is 0 Å². The summed E-state index contributed by atoms with van der Waals surface area (Å²) in [6, 6.07) is 17.2. The van der Waals surface area contributed by atoms with Gasteiger partial charge in [-0.25, -0.2) is 9.59 Å². The van der Waals surface area contributed by atoms with Gasteiger partial charge in [-0.2, -0.15) is 0 Å². The first kappa shape index (κ1) is 24.2. The molecule has 0 spiro atoms. The Balaban J connectivity index is 0.000000427. The number of H-pyrrole nitrogens is 1. The number of carboxylic acids is 2. The van der Waals surface area contributed by atoms with E-state index in [0.29, 0.717) is 0 Å². The van der Waals surface area contributed by atoms with Crippen LogP contribution in [0.2, 0.25) is 0 Å². The standard InChI is InChI=1S/C21H24BrN3S.C2H2O4/c22-18-5-1-2-8-21(18)26-16-4-11-24-12-14-25(15-13-24)20-7-3-6-19-17(20)9-10-23-19;3-1(4)2(5)6/h1-3,5-10,23H,4,11-16H2;(H,3,4)(H,5,6). The van der Waals surface area contributed by atoms with Gasteiger partial charge in [0.2, 0.25) is 0 Å². The third-order valence-corrected chi connectivity index (χ3v) is 7.29. The van der Waals surface area contributed by atoms with Crippen molar-refractivity contribution in [3.05, 3.63) is 59.2 Å². The third-order valence-electron chi connectivity index (χ3n) is 5.18. The summed E-state index contributed by atoms with van der Waals surface area (Å²) in [6.45, 7) is 5.73. The Kier molecular flexibility index (Phi) is 9.01. The van der Waals surface area contributed by atoms with Gasteiger partial charge < -0.3 is 20.1 Å². The topological polar surface area (TPSA) is 96.9 Å². The van der Waals surface area contributed by atoms with Gasteiger partial charge >= 0.3 is 11.9 Å². The van der Waals surface area contributed by atoms with Crippen LogP contribution in [0.4, 0.5) is 5.69 Å². The number of piperazine rings is 1. The van der Waals surface area contributed by atoms with Crippen LogP contribution in [0, 0.1) is 0 Å². The Morgan fingerprint density at radius 3 is 2.38 bits per heavy atom. The highest BCUT2D eigenvalue weighted by Crippen LogP contribution is 2.28. The van der Waals surface area contributed by atoms with E-state index in [9.17, 15) is 0 Å². The number of nitrogens with one attached hydrogen (secondary N) is 1. The van der Waals surface area contributed by atoms with Crippen molar-refractivity contribution in [3.63, 3.8) is 0 Å². The number of nitrogens with zero attached hydrogens (tertiary/aromatic N) is 2. The number of aliphatic carboxylic acids is 2. The maximum absolute atomic E-state index is 9.10. The Morgan fingerprint density at radius 1 is 0.969 bits per heavy atom. The van der Waals surface area contributed by atoms with Crippen LogP contribution in [-0.4, -0.2) is 70.5 Å². The van der Waals surface area contributed by atoms with E-state index in [1.54, 1.807) is 0 Å². The molecule has 3 N–H and O–H groups in total. The van der Waals surface area contributed by atoms with Crippen LogP contribution >= 0.6 is 27.7 Å². The fourth-order valence-electron chi connectivity index (χ4n) is 3.59. The molecule has 0 atom stereocenters. The van der Waals surface area contributed by atoms with Gasteiger partial charge in [0, 0.05) is 58.3 Å². The number of halogens is 1. The fourth-order valence-corrected chi connectivity index (χ4v) is 5.09. The molecule has 3 aromatic rings. The molecule has 0 aliphatic carbocycles. The minimum atomic E-state index is -1.82. The number of fused-ring (bicyclic) bond motifs is 1. The van der Waals surface area contributed by atoms with E-state index in [1.807, 2.05) is 18.0 Å². The van der Waals surface area contributed by atoms with E-state index < -0.39 is 11.9 Å². The number of hydrogen-bond acceptors (Lipinski definition) is 5. The average molecular weight is 520 g/mol. The Labute approximate surface area is 199 Å². The van der Waals surface area contributed by atoms with Gasteiger partial charge in [0.25, 0.3) is 0 Å². The lowest BCUT2D eigenvalue weighted by molar-refractivity contribution is -0.159. The molecule has 9 heteroatoms. The molecule has 0 amide bonds. The van der Waals surface area contributed by atoms with E-state index >= 15 is 0 Å². The highest BCUT2D eigenvalue weighted by atomic mass is 79.9. The molecule has 1 saturated heterocycles. The number of benzene rings is 2. The van der Waals surface area contributed by atoms with Gasteiger partial charge in [-0.15, -0.1) is 11.8 Å². The summed E-state index contributed by atoms with van der Waals surface area (Å²) in [7, 11) is 0. The maximum atomic E-state index is 9.10. The van der Waals surface area contributed by atoms with E-state index in [4.69, 9.17) is 19.8 Å². The van der Waals surface area contributed by atoms with E-state index in [1.165, 1.54) is 44.7 Å². The molecule has 0 radical (unpaired) electrons. The largest absolute Gasteiger partial charge is 0.473 e. The van der Waals surface area contributed by atoms with Crippen LogP contribution in [0.3, 0.4) is 0 Å². The van der Waals surface area contributed by atoms with Crippen molar-refractivity contribution in [2.75, 3.05) is 43.4 Å². The maximum Gasteiger partial charge on any atom is 0.414 e. The van der Waals surface area contributed by atoms with Crippen molar-refractivity contribution in [2.24, 2.45) is 0 Å². The Morgan fingerprint density at radius 2 is 1.69 bits per heavy atom. The van der Waals surface area contributed by atoms with Crippen molar-refractivity contribution < 1.29 is 19.8 Å². The molecule has 0 saturated carbocycles. The highest BCUT2D eigenvalue weighted by molar-refractivity contribution is 9.10. The summed E-state index contributed by atoms with van der Waals surface area (Å²) in [6.07, 6.45) is 3.27. The van der Waals surface area contributed by atoms with Crippen LogP contribution in [0.15, 0.2) is 64.1 Å². The van der Waals surface area contributed by atoms with Crippen LogP contribution < -0.4 is 4.90 Å². The first-order chi connectivity index (χ1) is 15.5. The van der Waals surface area contributed by atoms with Crippen molar-refractivity contribution in [2.45, 2.75) is 11.3 Å². The number of aromatic amines is 1. The lowest BCUT2D eigenvalue weighted by Gasteiger charge is -2.36. The zero-order chi connectivity index (χ0) is 22.9. The molecule has 1 aromatic heterocycles. The Hall–Kier alpha value is -2.49. The highest BCUT2D eigenvalue weighted by Gasteiger charge is 2.18. The normalized spacial score (nSPS) is 14.1. The summed E-state index contributed by atoms with van der Waals surface area (Å²) in [5.41, 5.74) is 2.60. The number of hydrogen-bond donors (Lipinski definition) is 3. The second kappa shape index (κ2) is 11.9. The number of aromatic nitrogens is 1. The molecular formula is C23H26BrN3O4S. The molecule has 170 valence electrons. The summed E-state index contributed by atoms with van der Waals surface area (Å²) in [5, 5.41) is 16.1. The number of anilines is 1. The van der Waals surface area contributed by atoms with Gasteiger partial charge in [-0.3, -0.25) is 4.90 Å². The van der Waals surface area contributed by atoms with Crippen LogP contribution in [0.1, 0.15) is 6.42 Å². The summed E-state index contributed by atoms with van der Waals surface area (Å²) >= 11 is 5.58. The smallest absolute Gasteiger partial charge is 0.414 e. The average Bonchev–Trinajstić information content (AvgIpc) is 3.28. The second-order valence-corrected chi connectivity index (χ2v) is 9.28. The number of thioether (sulfide) groups is 1. The van der Waals surface area contributed by atoms with E-state index in [-0.39, 0.29) is 0 Å². The molecule has 0 bridgehead atoms. The van der Waals surface area contributed by atoms with Gasteiger partial charge in [0.1, 0.15) is 0 Å². The van der Waals surface area contributed by atoms with Crippen molar-refractivity contribution >= 4 is 56.2 Å². The van der Waals surface area contributed by atoms with E-state index in [2.05, 4.69) is 79.2 Å². The molecule has 1 fully saturated rings. The summed E-state index contributed by atoms with van der Waals surface area (Å²) < 4.78 is 1.21. The second-order valence-electron chi connectivity index (χ2n) is 7.29. The third kappa shape index (κ3) is 6.75. The molecular weight excluding hydrogens is 494 g/mol. The van der Waals surface area contributed by atoms with Gasteiger partial charge in [-0.1, -0.05) is 18.2 Å².